The standard InChI is InChI=1S/C20H37P5/c1-14(2,3)13-21-18(15(4,5)6)19(16(7,8)9)22-25-20(23(13)19,24(18)25)17(10,11)12/h22H,1-12H3/t18?,19-,20+,23?,24?,25?/m1/s1. The van der Waals surface area contributed by atoms with Crippen LogP contribution in [0.3, 0.4) is 0 Å². The summed E-state index contributed by atoms with van der Waals surface area (Å²) in [7, 11) is 3.69. The molecule has 5 unspecified atom stereocenters. The van der Waals surface area contributed by atoms with E-state index in [1.54, 1.807) is 0 Å². The summed E-state index contributed by atoms with van der Waals surface area (Å²) in [4.78, 5) is 1.25. The van der Waals surface area contributed by atoms with Crippen molar-refractivity contribution in [3.8, 4) is 0 Å². The van der Waals surface area contributed by atoms with Gasteiger partial charge in [-0.2, -0.15) is 0 Å². The largest absolute Gasteiger partial charge is 0.0859 e. The highest BCUT2D eigenvalue weighted by Crippen LogP contribution is 3.37. The van der Waals surface area contributed by atoms with Crippen molar-refractivity contribution in [3.05, 3.63) is 0 Å². The summed E-state index contributed by atoms with van der Waals surface area (Å²) in [5.41, 5.74) is 1.78. The first-order valence-corrected chi connectivity index (χ1v) is 17.2. The van der Waals surface area contributed by atoms with E-state index in [2.05, 4.69) is 83.1 Å². The lowest BCUT2D eigenvalue weighted by Crippen LogP contribution is -2.52. The molecule has 25 heavy (non-hydrogen) atoms. The Labute approximate surface area is 163 Å². The van der Waals surface area contributed by atoms with Gasteiger partial charge >= 0.3 is 0 Å². The lowest BCUT2D eigenvalue weighted by molar-refractivity contribution is 0.253. The average Bonchev–Trinajstić information content (AvgIpc) is 2.68. The van der Waals surface area contributed by atoms with Gasteiger partial charge in [-0.25, -0.2) is 0 Å². The molecule has 0 amide bonds. The second kappa shape index (κ2) is 4.79. The minimum Gasteiger partial charge on any atom is -0.0859 e. The highest BCUT2D eigenvalue weighted by Gasteiger charge is 3.00. The molecule has 142 valence electrons. The molecule has 0 spiro atoms. The number of rotatable bonds is 0. The highest BCUT2D eigenvalue weighted by molar-refractivity contribution is 8.80. The van der Waals surface area contributed by atoms with E-state index in [9.17, 15) is 0 Å². The van der Waals surface area contributed by atoms with Crippen LogP contribution in [0.1, 0.15) is 83.1 Å². The zero-order valence-electron chi connectivity index (χ0n) is 18.3. The first-order chi connectivity index (χ1) is 10.9. The first kappa shape index (κ1) is 20.2. The van der Waals surface area contributed by atoms with Crippen molar-refractivity contribution in [1.29, 1.82) is 0 Å². The van der Waals surface area contributed by atoms with E-state index in [1.165, 1.54) is 8.27 Å². The molecule has 5 heteroatoms. The zero-order chi connectivity index (χ0) is 19.2. The van der Waals surface area contributed by atoms with Crippen molar-refractivity contribution in [2.24, 2.45) is 21.7 Å². The van der Waals surface area contributed by atoms with E-state index in [0.717, 1.165) is 4.64 Å². The van der Waals surface area contributed by atoms with E-state index in [1.807, 2.05) is 13.2 Å². The molecule has 0 aromatic rings. The molecule has 6 bridgehead atoms. The van der Waals surface area contributed by atoms with Gasteiger partial charge in [-0.1, -0.05) is 99.6 Å². The van der Waals surface area contributed by atoms with Crippen molar-refractivity contribution in [2.75, 3.05) is 0 Å². The Kier molecular flexibility index (Phi) is 3.86. The molecule has 4 fully saturated rings. The molecule has 5 aliphatic rings. The van der Waals surface area contributed by atoms with E-state index in [0.29, 0.717) is 38.8 Å². The van der Waals surface area contributed by atoms with Crippen molar-refractivity contribution in [3.63, 3.8) is 0 Å². The van der Waals surface area contributed by atoms with E-state index < -0.39 is 0 Å². The van der Waals surface area contributed by atoms with Crippen LogP contribution in [0.15, 0.2) is 0 Å². The van der Waals surface area contributed by atoms with E-state index >= 15 is 0 Å². The average molecular weight is 432 g/mol. The predicted molar refractivity (Wildman–Crippen MR) is 127 cm³/mol. The lowest BCUT2D eigenvalue weighted by atomic mass is 9.78. The minimum atomic E-state index is 0.0222. The SMILES string of the molecule is CC(C)(C)C1=PC2(C(C)(C)C)P3P4P[C@]2(C(C)(C)C)P1[C@]43C(C)(C)C. The molecule has 5 heterocycles. The summed E-state index contributed by atoms with van der Waals surface area (Å²) < 4.78 is 0.778. The quantitative estimate of drug-likeness (QED) is 0.335. The summed E-state index contributed by atoms with van der Waals surface area (Å²) in [5.74, 6) is 0. The monoisotopic (exact) mass is 432 g/mol. The molecule has 5 rings (SSSR count). The number of hydrogen-bond acceptors (Lipinski definition) is 0. The van der Waals surface area contributed by atoms with Crippen LogP contribution in [0.2, 0.25) is 0 Å². The molecule has 0 radical (unpaired) electrons. The molecule has 0 nitrogen and oxygen atoms in total. The third-order valence-electron chi connectivity index (χ3n) is 6.76. The Morgan fingerprint density at radius 2 is 1.28 bits per heavy atom. The number of hydrogen-bond donors (Lipinski definition) is 0. The molecule has 0 saturated carbocycles. The first-order valence-electron chi connectivity index (χ1n) is 9.71. The van der Waals surface area contributed by atoms with Gasteiger partial charge in [0.05, 0.1) is 9.54 Å². The molecule has 0 aromatic heterocycles. The summed E-state index contributed by atoms with van der Waals surface area (Å²) >= 11 is 0. The maximum absolute atomic E-state index is 2.62. The maximum atomic E-state index is 2.62. The Morgan fingerprint density at radius 1 is 0.760 bits per heavy atom. The molecule has 4 saturated heterocycles. The molecule has 7 atom stereocenters. The minimum absolute atomic E-state index is 0.0222. The van der Waals surface area contributed by atoms with Gasteiger partial charge in [-0.3, -0.25) is 0 Å². The van der Waals surface area contributed by atoms with Gasteiger partial charge in [0.15, 0.2) is 0 Å². The summed E-state index contributed by atoms with van der Waals surface area (Å²) in [6.07, 6.45) is 0. The molecular weight excluding hydrogens is 395 g/mol. The van der Waals surface area contributed by atoms with Crippen LogP contribution in [0, 0.1) is 21.7 Å². The topological polar surface area (TPSA) is 0 Å². The van der Waals surface area contributed by atoms with Crippen molar-refractivity contribution in [2.45, 2.75) is 97.5 Å². The van der Waals surface area contributed by atoms with Gasteiger partial charge in [0, 0.05) is 4.90 Å². The van der Waals surface area contributed by atoms with Crippen LogP contribution >= 0.6 is 39.3 Å². The Morgan fingerprint density at radius 3 is 1.60 bits per heavy atom. The van der Waals surface area contributed by atoms with Crippen LogP contribution in [-0.4, -0.2) is 19.5 Å². The van der Waals surface area contributed by atoms with Crippen LogP contribution in [0.5, 0.6) is 0 Å². The fourth-order valence-electron chi connectivity index (χ4n) is 5.89. The van der Waals surface area contributed by atoms with Gasteiger partial charge in [0.25, 0.3) is 0 Å². The second-order valence-electron chi connectivity index (χ2n) is 12.5. The van der Waals surface area contributed by atoms with Crippen LogP contribution in [0.25, 0.3) is 0 Å². The maximum Gasteiger partial charge on any atom is 0.0570 e. The molecule has 0 aromatic carbocycles. The van der Waals surface area contributed by atoms with E-state index in [4.69, 9.17) is 0 Å². The van der Waals surface area contributed by atoms with Crippen LogP contribution in [0.4, 0.5) is 0 Å². The fraction of sp³-hybridized carbons (Fsp3) is 0.950. The molecular formula is C20H37P5. The highest BCUT2D eigenvalue weighted by atomic mass is 32.5. The Hall–Kier alpha value is 1.89. The summed E-state index contributed by atoms with van der Waals surface area (Å²) in [6, 6.07) is 0. The third-order valence-corrected chi connectivity index (χ3v) is 37.8. The fourth-order valence-corrected chi connectivity index (χ4v) is 55.6. The Balaban J connectivity index is 2.09. The molecule has 5 aliphatic heterocycles. The van der Waals surface area contributed by atoms with Crippen molar-refractivity contribution >= 4 is 44.3 Å². The van der Waals surface area contributed by atoms with Crippen LogP contribution < -0.4 is 0 Å². The normalized spacial score (nSPS) is 49.8. The van der Waals surface area contributed by atoms with E-state index in [-0.39, 0.29) is 15.5 Å². The van der Waals surface area contributed by atoms with Gasteiger partial charge in [0.1, 0.15) is 0 Å². The van der Waals surface area contributed by atoms with Crippen LogP contribution in [-0.2, 0) is 0 Å². The third kappa shape index (κ3) is 1.83. The lowest BCUT2D eigenvalue weighted by Gasteiger charge is -2.53. The van der Waals surface area contributed by atoms with Crippen molar-refractivity contribution < 1.29 is 0 Å². The zero-order valence-corrected chi connectivity index (χ0v) is 22.9. The van der Waals surface area contributed by atoms with Gasteiger partial charge in [0.2, 0.25) is 0 Å². The molecule has 0 aliphatic carbocycles. The predicted octanol–water partition coefficient (Wildman–Crippen LogP) is 9.30. The smallest absolute Gasteiger partial charge is 0.0570 e. The van der Waals surface area contributed by atoms with Gasteiger partial charge in [-0.05, 0) is 49.5 Å². The van der Waals surface area contributed by atoms with Gasteiger partial charge < -0.3 is 0 Å². The summed E-state index contributed by atoms with van der Waals surface area (Å²) in [5, 5.41) is 2.01. The molecule has 0 N–H and O–H groups in total. The van der Waals surface area contributed by atoms with Crippen molar-refractivity contribution in [1.82, 2.24) is 0 Å². The summed E-state index contributed by atoms with van der Waals surface area (Å²) in [6.45, 7) is 31.1. The van der Waals surface area contributed by atoms with Gasteiger partial charge in [-0.15, -0.1) is 0 Å². The second-order valence-corrected chi connectivity index (χ2v) is 28.3. The Bertz CT molecular complexity index is 683.